The van der Waals surface area contributed by atoms with Crippen molar-refractivity contribution in [3.05, 3.63) is 26.1 Å². The van der Waals surface area contributed by atoms with E-state index >= 15 is 0 Å². The largest absolute Gasteiger partial charge is 0.353 e. The van der Waals surface area contributed by atoms with Crippen molar-refractivity contribution in [2.75, 3.05) is 5.32 Å². The minimum absolute atomic E-state index is 0.210. The summed E-state index contributed by atoms with van der Waals surface area (Å²) < 4.78 is 0.873. The Balaban J connectivity index is 2.06. The number of aryl methyl sites for hydroxylation is 1. The number of nitrogens with zero attached hydrogens (tertiary/aromatic N) is 2. The average Bonchev–Trinajstić information content (AvgIpc) is 2.75. The van der Waals surface area contributed by atoms with Crippen LogP contribution in [0.5, 0.6) is 0 Å². The van der Waals surface area contributed by atoms with Crippen molar-refractivity contribution in [3.8, 4) is 0 Å². The fraction of sp³-hybridized carbons (Fsp3) is 0.333. The first-order chi connectivity index (χ1) is 7.15. The lowest BCUT2D eigenvalue weighted by atomic mass is 10.4. The fourth-order valence-electron chi connectivity index (χ4n) is 1.14. The van der Waals surface area contributed by atoms with Gasteiger partial charge in [-0.2, -0.15) is 0 Å². The molecule has 3 nitrogen and oxygen atoms in total. The van der Waals surface area contributed by atoms with Crippen molar-refractivity contribution in [1.82, 2.24) is 9.97 Å². The van der Waals surface area contributed by atoms with Gasteiger partial charge in [-0.05, 0) is 29.8 Å². The van der Waals surface area contributed by atoms with E-state index in [-0.39, 0.29) is 6.04 Å². The van der Waals surface area contributed by atoms with E-state index < -0.39 is 0 Å². The van der Waals surface area contributed by atoms with Crippen molar-refractivity contribution in [1.29, 1.82) is 0 Å². The number of halogens is 1. The van der Waals surface area contributed by atoms with Crippen LogP contribution in [0.1, 0.15) is 23.7 Å². The topological polar surface area (TPSA) is 37.8 Å². The zero-order chi connectivity index (χ0) is 10.8. The van der Waals surface area contributed by atoms with Crippen molar-refractivity contribution in [2.24, 2.45) is 0 Å². The summed E-state index contributed by atoms with van der Waals surface area (Å²) in [6, 6.07) is 0.210. The Labute approximate surface area is 105 Å². The summed E-state index contributed by atoms with van der Waals surface area (Å²) in [5.74, 6) is 0. The van der Waals surface area contributed by atoms with E-state index in [2.05, 4.69) is 43.5 Å². The predicted molar refractivity (Wildman–Crippen MR) is 68.7 cm³/mol. The van der Waals surface area contributed by atoms with Crippen LogP contribution in [-0.2, 0) is 0 Å². The molecule has 2 aromatic heterocycles. The molecule has 2 rings (SSSR count). The van der Waals surface area contributed by atoms with Crippen LogP contribution >= 0.6 is 38.6 Å². The van der Waals surface area contributed by atoms with Crippen molar-refractivity contribution < 1.29 is 0 Å². The molecule has 2 heterocycles. The molecule has 0 aliphatic carbocycles. The highest BCUT2D eigenvalue weighted by Crippen LogP contribution is 2.25. The Morgan fingerprint density at radius 3 is 2.67 bits per heavy atom. The number of rotatable bonds is 3. The summed E-state index contributed by atoms with van der Waals surface area (Å²) in [6.45, 7) is 4.10. The van der Waals surface area contributed by atoms with Crippen LogP contribution in [0.15, 0.2) is 15.4 Å². The van der Waals surface area contributed by atoms with E-state index in [1.165, 1.54) is 0 Å². The highest BCUT2D eigenvalue weighted by molar-refractivity contribution is 9.10. The van der Waals surface area contributed by atoms with Gasteiger partial charge in [-0.3, -0.25) is 0 Å². The van der Waals surface area contributed by atoms with Crippen molar-refractivity contribution in [2.45, 2.75) is 19.9 Å². The maximum absolute atomic E-state index is 4.43. The minimum Gasteiger partial charge on any atom is -0.353 e. The van der Waals surface area contributed by atoms with Gasteiger partial charge >= 0.3 is 0 Å². The second-order valence-corrected chi connectivity index (χ2v) is 5.73. The summed E-state index contributed by atoms with van der Waals surface area (Å²) in [4.78, 5) is 8.72. The third-order valence-electron chi connectivity index (χ3n) is 1.82. The number of thiazole rings is 2. The number of aromatic nitrogens is 2. The number of hydrogen-bond donors (Lipinski definition) is 1. The van der Waals surface area contributed by atoms with Crippen LogP contribution < -0.4 is 5.32 Å². The highest BCUT2D eigenvalue weighted by Gasteiger charge is 2.10. The molecule has 1 N–H and O–H groups in total. The number of hydrogen-bond acceptors (Lipinski definition) is 5. The normalized spacial score (nSPS) is 12.7. The van der Waals surface area contributed by atoms with E-state index in [9.17, 15) is 0 Å². The third kappa shape index (κ3) is 2.76. The van der Waals surface area contributed by atoms with Crippen LogP contribution in [0.4, 0.5) is 5.13 Å². The maximum atomic E-state index is 4.43. The third-order valence-corrected chi connectivity index (χ3v) is 4.45. The molecular weight excluding hydrogens is 294 g/mol. The minimum atomic E-state index is 0.210. The lowest BCUT2D eigenvalue weighted by Gasteiger charge is -2.08. The fourth-order valence-corrected chi connectivity index (χ4v) is 3.17. The monoisotopic (exact) mass is 303 g/mol. The molecule has 0 amide bonds. The molecule has 1 unspecified atom stereocenters. The van der Waals surface area contributed by atoms with E-state index in [1.54, 1.807) is 22.7 Å². The van der Waals surface area contributed by atoms with Gasteiger partial charge in [0, 0.05) is 16.5 Å². The van der Waals surface area contributed by atoms with Gasteiger partial charge in [0.1, 0.15) is 9.61 Å². The molecular formula is C9H10BrN3S2. The molecule has 0 fully saturated rings. The van der Waals surface area contributed by atoms with Crippen molar-refractivity contribution >= 4 is 43.7 Å². The van der Waals surface area contributed by atoms with Crippen molar-refractivity contribution in [3.63, 3.8) is 0 Å². The smallest absolute Gasteiger partial charge is 0.184 e. The summed E-state index contributed by atoms with van der Waals surface area (Å²) in [5.41, 5.74) is 1.07. The quantitative estimate of drug-likeness (QED) is 0.936. The SMILES string of the molecule is Cc1csc(C(C)Nc2nc(Br)cs2)n1. The molecule has 15 heavy (non-hydrogen) atoms. The Morgan fingerprint density at radius 1 is 1.33 bits per heavy atom. The highest BCUT2D eigenvalue weighted by atomic mass is 79.9. The summed E-state index contributed by atoms with van der Waals surface area (Å²) in [5, 5.41) is 9.35. The predicted octanol–water partition coefficient (Wildman–Crippen LogP) is 3.84. The molecule has 1 atom stereocenters. The Kier molecular flexibility index (Phi) is 3.38. The van der Waals surface area contributed by atoms with E-state index in [0.717, 1.165) is 20.4 Å². The summed E-state index contributed by atoms with van der Waals surface area (Å²) >= 11 is 6.59. The first-order valence-corrected chi connectivity index (χ1v) is 7.00. The molecule has 0 saturated heterocycles. The zero-order valence-electron chi connectivity index (χ0n) is 8.32. The van der Waals surface area contributed by atoms with E-state index in [1.807, 2.05) is 12.3 Å². The lowest BCUT2D eigenvalue weighted by Crippen LogP contribution is -2.05. The van der Waals surface area contributed by atoms with Gasteiger partial charge in [0.2, 0.25) is 0 Å². The van der Waals surface area contributed by atoms with Crippen LogP contribution in [0.25, 0.3) is 0 Å². The number of anilines is 1. The molecule has 0 aliphatic rings. The lowest BCUT2D eigenvalue weighted by molar-refractivity contribution is 0.861. The van der Waals surface area contributed by atoms with Crippen LogP contribution in [0.3, 0.4) is 0 Å². The summed E-state index contributed by atoms with van der Waals surface area (Å²) in [6.07, 6.45) is 0. The number of nitrogens with one attached hydrogen (secondary N) is 1. The molecule has 80 valence electrons. The Bertz CT molecular complexity index is 452. The Morgan fingerprint density at radius 2 is 2.13 bits per heavy atom. The van der Waals surface area contributed by atoms with Crippen LogP contribution in [0, 0.1) is 6.92 Å². The van der Waals surface area contributed by atoms with Gasteiger partial charge < -0.3 is 5.32 Å². The second-order valence-electron chi connectivity index (χ2n) is 3.17. The molecule has 0 aliphatic heterocycles. The van der Waals surface area contributed by atoms with Gasteiger partial charge in [0.15, 0.2) is 5.13 Å². The summed E-state index contributed by atoms with van der Waals surface area (Å²) in [7, 11) is 0. The molecule has 2 aromatic rings. The zero-order valence-corrected chi connectivity index (χ0v) is 11.5. The maximum Gasteiger partial charge on any atom is 0.184 e. The van der Waals surface area contributed by atoms with Gasteiger partial charge in [-0.25, -0.2) is 9.97 Å². The first-order valence-electron chi connectivity index (χ1n) is 4.45. The average molecular weight is 304 g/mol. The molecule has 0 aromatic carbocycles. The Hall–Kier alpha value is -0.460. The molecule has 0 bridgehead atoms. The standard InChI is InChI=1S/C9H10BrN3S2/c1-5-3-14-8(11-5)6(2)12-9-13-7(10)4-15-9/h3-4,6H,1-2H3,(H,12,13). The van der Waals surface area contributed by atoms with Crippen LogP contribution in [-0.4, -0.2) is 9.97 Å². The molecule has 6 heteroatoms. The van der Waals surface area contributed by atoms with Gasteiger partial charge in [0.05, 0.1) is 6.04 Å². The van der Waals surface area contributed by atoms with Crippen LogP contribution in [0.2, 0.25) is 0 Å². The molecule has 0 spiro atoms. The van der Waals surface area contributed by atoms with Gasteiger partial charge in [-0.15, -0.1) is 22.7 Å². The molecule has 0 radical (unpaired) electrons. The molecule has 0 saturated carbocycles. The van der Waals surface area contributed by atoms with Gasteiger partial charge in [0.25, 0.3) is 0 Å². The second kappa shape index (κ2) is 4.59. The van der Waals surface area contributed by atoms with E-state index in [0.29, 0.717) is 0 Å². The first kappa shape index (κ1) is 11.0. The van der Waals surface area contributed by atoms with Gasteiger partial charge in [-0.1, -0.05) is 0 Å². The van der Waals surface area contributed by atoms with E-state index in [4.69, 9.17) is 0 Å².